The fraction of sp³-hybridized carbons (Fsp3) is 0.321. The summed E-state index contributed by atoms with van der Waals surface area (Å²) in [6, 6.07) is 13.5. The highest BCUT2D eigenvalue weighted by molar-refractivity contribution is 5.91. The molecule has 10 heteroatoms. The van der Waals surface area contributed by atoms with Crippen LogP contribution in [-0.4, -0.2) is 75.5 Å². The highest BCUT2D eigenvalue weighted by Gasteiger charge is 2.24. The number of rotatable bonds is 9. The first-order valence-electron chi connectivity index (χ1n) is 12.6. The van der Waals surface area contributed by atoms with E-state index in [1.807, 2.05) is 66.4 Å². The lowest BCUT2D eigenvalue weighted by Crippen LogP contribution is -2.44. The minimum absolute atomic E-state index is 0.0614. The Morgan fingerprint density at radius 3 is 2.55 bits per heavy atom. The van der Waals surface area contributed by atoms with E-state index in [9.17, 15) is 4.79 Å². The van der Waals surface area contributed by atoms with Gasteiger partial charge in [0, 0.05) is 49.4 Å². The van der Waals surface area contributed by atoms with Crippen LogP contribution < -0.4 is 14.8 Å². The minimum atomic E-state index is 0.0614. The number of ether oxygens (including phenoxy) is 2. The van der Waals surface area contributed by atoms with Gasteiger partial charge in [0.1, 0.15) is 36.4 Å². The number of nitrogens with one attached hydrogen (secondary N) is 1. The Morgan fingerprint density at radius 2 is 1.82 bits per heavy atom. The Hall–Kier alpha value is -4.31. The molecule has 1 saturated heterocycles. The summed E-state index contributed by atoms with van der Waals surface area (Å²) < 4.78 is 12.1. The third-order valence-electron chi connectivity index (χ3n) is 6.28. The third-order valence-corrected chi connectivity index (χ3v) is 6.28. The van der Waals surface area contributed by atoms with Crippen molar-refractivity contribution in [2.45, 2.75) is 25.6 Å². The van der Waals surface area contributed by atoms with E-state index in [2.05, 4.69) is 25.3 Å². The van der Waals surface area contributed by atoms with E-state index in [1.165, 1.54) is 0 Å². The number of likely N-dealkylation sites (tertiary alicyclic amines) is 1. The molecular weight excluding hydrogens is 482 g/mol. The van der Waals surface area contributed by atoms with Gasteiger partial charge in [0.15, 0.2) is 0 Å². The number of aromatic nitrogens is 4. The molecule has 0 spiro atoms. The van der Waals surface area contributed by atoms with Crippen molar-refractivity contribution in [2.24, 2.45) is 0 Å². The molecule has 3 heterocycles. The number of nitrogens with zero attached hydrogens (tertiary/aromatic N) is 6. The van der Waals surface area contributed by atoms with Crippen LogP contribution in [-0.2, 0) is 11.4 Å². The molecule has 1 aliphatic rings. The second kappa shape index (κ2) is 11.8. The summed E-state index contributed by atoms with van der Waals surface area (Å²) in [4.78, 5) is 33.3. The number of carbonyl (C=O) groups is 1. The zero-order chi connectivity index (χ0) is 26.3. The van der Waals surface area contributed by atoms with Crippen molar-refractivity contribution in [1.82, 2.24) is 29.7 Å². The molecule has 0 saturated carbocycles. The number of anilines is 2. The van der Waals surface area contributed by atoms with Crippen LogP contribution in [0, 0.1) is 0 Å². The van der Waals surface area contributed by atoms with E-state index in [4.69, 9.17) is 9.47 Å². The van der Waals surface area contributed by atoms with Gasteiger partial charge in [-0.15, -0.1) is 0 Å². The van der Waals surface area contributed by atoms with Crippen LogP contribution in [0.1, 0.15) is 18.5 Å². The summed E-state index contributed by atoms with van der Waals surface area (Å²) in [6.45, 7) is 2.20. The molecule has 196 valence electrons. The second-order valence-electron chi connectivity index (χ2n) is 9.47. The molecule has 4 aromatic rings. The monoisotopic (exact) mass is 513 g/mol. The number of fused-ring (bicyclic) bond motifs is 1. The zero-order valence-electron chi connectivity index (χ0n) is 21.6. The molecule has 1 N–H and O–H groups in total. The molecule has 0 bridgehead atoms. The summed E-state index contributed by atoms with van der Waals surface area (Å²) in [5.41, 5.74) is 2.46. The van der Waals surface area contributed by atoms with Crippen molar-refractivity contribution in [2.75, 3.05) is 39.0 Å². The van der Waals surface area contributed by atoms with Crippen LogP contribution in [0.5, 0.6) is 11.5 Å². The summed E-state index contributed by atoms with van der Waals surface area (Å²) >= 11 is 0. The van der Waals surface area contributed by atoms with Gasteiger partial charge in [0.2, 0.25) is 5.91 Å². The standard InChI is InChI=1S/C28H31N7O3/c1-34(2)17-27(36)35-13-9-23(10-14-35)38-24-7-8-26-25(15-24)28(32-19-31-26)33-20-3-5-22(6-4-20)37-18-21-16-29-11-12-30-21/h3-8,11-12,15-16,19,23H,9-10,13-14,17-18H2,1-2H3,(H,31,32,33). The molecule has 1 aliphatic heterocycles. The topological polar surface area (TPSA) is 106 Å². The van der Waals surface area contributed by atoms with Crippen molar-refractivity contribution in [3.8, 4) is 11.5 Å². The smallest absolute Gasteiger partial charge is 0.236 e. The van der Waals surface area contributed by atoms with Gasteiger partial charge >= 0.3 is 0 Å². The average molecular weight is 514 g/mol. The summed E-state index contributed by atoms with van der Waals surface area (Å²) in [7, 11) is 3.82. The Balaban J connectivity index is 1.21. The Kier molecular flexibility index (Phi) is 7.89. The van der Waals surface area contributed by atoms with Crippen molar-refractivity contribution in [3.63, 3.8) is 0 Å². The molecule has 0 unspecified atom stereocenters. The summed E-state index contributed by atoms with van der Waals surface area (Å²) in [5, 5.41) is 4.25. The van der Waals surface area contributed by atoms with Crippen LogP contribution >= 0.6 is 0 Å². The number of amides is 1. The van der Waals surface area contributed by atoms with Crippen LogP contribution in [0.3, 0.4) is 0 Å². The van der Waals surface area contributed by atoms with E-state index in [1.54, 1.807) is 24.9 Å². The predicted molar refractivity (Wildman–Crippen MR) is 144 cm³/mol. The van der Waals surface area contributed by atoms with Gasteiger partial charge in [-0.2, -0.15) is 0 Å². The van der Waals surface area contributed by atoms with Gasteiger partial charge < -0.3 is 24.6 Å². The molecule has 0 radical (unpaired) electrons. The maximum absolute atomic E-state index is 12.3. The second-order valence-corrected chi connectivity index (χ2v) is 9.47. The number of benzene rings is 2. The maximum Gasteiger partial charge on any atom is 0.236 e. The molecule has 0 aliphatic carbocycles. The molecule has 2 aromatic heterocycles. The summed E-state index contributed by atoms with van der Waals surface area (Å²) in [6.07, 6.45) is 8.18. The molecule has 1 fully saturated rings. The lowest BCUT2D eigenvalue weighted by molar-refractivity contribution is -0.133. The van der Waals surface area contributed by atoms with Crippen molar-refractivity contribution in [1.29, 1.82) is 0 Å². The number of hydrogen-bond acceptors (Lipinski definition) is 9. The SMILES string of the molecule is CN(C)CC(=O)N1CCC(Oc2ccc3ncnc(Nc4ccc(OCc5cnccn5)cc4)c3c2)CC1. The number of likely N-dealkylation sites (N-methyl/N-ethyl adjacent to an activating group) is 1. The van der Waals surface area contributed by atoms with Crippen LogP contribution in [0.25, 0.3) is 10.9 Å². The van der Waals surface area contributed by atoms with E-state index in [0.29, 0.717) is 32.1 Å². The fourth-order valence-electron chi connectivity index (χ4n) is 4.33. The average Bonchev–Trinajstić information content (AvgIpc) is 2.93. The normalized spacial score (nSPS) is 14.0. The molecule has 1 amide bonds. The molecular formula is C28H31N7O3. The molecule has 5 rings (SSSR count). The first-order chi connectivity index (χ1) is 18.5. The zero-order valence-corrected chi connectivity index (χ0v) is 21.6. The van der Waals surface area contributed by atoms with Gasteiger partial charge in [-0.1, -0.05) is 0 Å². The quantitative estimate of drug-likeness (QED) is 0.359. The van der Waals surface area contributed by atoms with Crippen LogP contribution in [0.15, 0.2) is 67.4 Å². The van der Waals surface area contributed by atoms with Crippen LogP contribution in [0.2, 0.25) is 0 Å². The van der Waals surface area contributed by atoms with E-state index >= 15 is 0 Å². The highest BCUT2D eigenvalue weighted by atomic mass is 16.5. The molecule has 2 aromatic carbocycles. The van der Waals surface area contributed by atoms with Gasteiger partial charge in [-0.25, -0.2) is 9.97 Å². The Morgan fingerprint density at radius 1 is 1.03 bits per heavy atom. The van der Waals surface area contributed by atoms with Crippen molar-refractivity contribution >= 4 is 28.3 Å². The van der Waals surface area contributed by atoms with Gasteiger partial charge in [0.25, 0.3) is 0 Å². The largest absolute Gasteiger partial charge is 0.490 e. The van der Waals surface area contributed by atoms with E-state index in [0.717, 1.165) is 46.6 Å². The molecule has 38 heavy (non-hydrogen) atoms. The highest BCUT2D eigenvalue weighted by Crippen LogP contribution is 2.29. The van der Waals surface area contributed by atoms with Crippen molar-refractivity contribution in [3.05, 3.63) is 73.1 Å². The maximum atomic E-state index is 12.3. The number of carbonyl (C=O) groups excluding carboxylic acids is 1. The lowest BCUT2D eigenvalue weighted by atomic mass is 10.1. The van der Waals surface area contributed by atoms with Gasteiger partial charge in [0.05, 0.1) is 24.0 Å². The number of hydrogen-bond donors (Lipinski definition) is 1. The lowest BCUT2D eigenvalue weighted by Gasteiger charge is -2.32. The Bertz CT molecular complexity index is 1360. The van der Waals surface area contributed by atoms with Gasteiger partial charge in [-0.3, -0.25) is 14.8 Å². The first kappa shape index (κ1) is 25.3. The van der Waals surface area contributed by atoms with Gasteiger partial charge in [-0.05, 0) is 56.6 Å². The van der Waals surface area contributed by atoms with Crippen LogP contribution in [0.4, 0.5) is 11.5 Å². The minimum Gasteiger partial charge on any atom is -0.490 e. The fourth-order valence-corrected chi connectivity index (χ4v) is 4.33. The first-order valence-corrected chi connectivity index (χ1v) is 12.6. The number of piperidine rings is 1. The van der Waals surface area contributed by atoms with Crippen molar-refractivity contribution < 1.29 is 14.3 Å². The molecule has 10 nitrogen and oxygen atoms in total. The summed E-state index contributed by atoms with van der Waals surface area (Å²) in [5.74, 6) is 2.36. The van der Waals surface area contributed by atoms with E-state index in [-0.39, 0.29) is 12.0 Å². The Labute approximate surface area is 221 Å². The third kappa shape index (κ3) is 6.51. The predicted octanol–water partition coefficient (Wildman–Crippen LogP) is 3.67. The molecule has 0 atom stereocenters. The van der Waals surface area contributed by atoms with E-state index < -0.39 is 0 Å².